The van der Waals surface area contributed by atoms with E-state index in [0.717, 1.165) is 18.5 Å². The van der Waals surface area contributed by atoms with Gasteiger partial charge >= 0.3 is 0 Å². The van der Waals surface area contributed by atoms with Crippen LogP contribution >= 0.6 is 0 Å². The zero-order chi connectivity index (χ0) is 11.8. The summed E-state index contributed by atoms with van der Waals surface area (Å²) in [6, 6.07) is 0. The van der Waals surface area contributed by atoms with Crippen LogP contribution in [0.4, 0.5) is 0 Å². The van der Waals surface area contributed by atoms with Gasteiger partial charge in [0.05, 0.1) is 5.70 Å². The third-order valence-electron chi connectivity index (χ3n) is 2.34. The normalized spacial score (nSPS) is 19.6. The minimum Gasteiger partial charge on any atom is -0.257 e. The highest BCUT2D eigenvalue weighted by molar-refractivity contribution is 5.73. The van der Waals surface area contributed by atoms with Gasteiger partial charge in [0.2, 0.25) is 0 Å². The Balaban J connectivity index is 2.66. The van der Waals surface area contributed by atoms with Crippen LogP contribution in [-0.2, 0) is 0 Å². The summed E-state index contributed by atoms with van der Waals surface area (Å²) in [5.41, 5.74) is 2.09. The van der Waals surface area contributed by atoms with E-state index >= 15 is 0 Å². The third-order valence-corrected chi connectivity index (χ3v) is 2.34. The van der Waals surface area contributed by atoms with Gasteiger partial charge in [-0.25, -0.2) is 0 Å². The van der Waals surface area contributed by atoms with Crippen LogP contribution in [0.3, 0.4) is 0 Å². The van der Waals surface area contributed by atoms with E-state index in [1.165, 1.54) is 5.57 Å². The molecule has 1 atom stereocenters. The van der Waals surface area contributed by atoms with Gasteiger partial charge in [-0.1, -0.05) is 50.3 Å². The van der Waals surface area contributed by atoms with E-state index in [1.54, 1.807) is 12.3 Å². The average molecular weight is 213 g/mol. The summed E-state index contributed by atoms with van der Waals surface area (Å²) < 4.78 is 0. The van der Waals surface area contributed by atoms with E-state index in [1.807, 2.05) is 6.08 Å². The van der Waals surface area contributed by atoms with Crippen molar-refractivity contribution in [2.75, 3.05) is 0 Å². The summed E-state index contributed by atoms with van der Waals surface area (Å²) in [7, 11) is 0. The van der Waals surface area contributed by atoms with Gasteiger partial charge in [0.1, 0.15) is 0 Å². The van der Waals surface area contributed by atoms with Crippen molar-refractivity contribution < 1.29 is 0 Å². The Labute approximate surface area is 98.3 Å². The lowest BCUT2D eigenvalue weighted by atomic mass is 10.0. The maximum absolute atomic E-state index is 4.23. The Hall–Kier alpha value is -1.63. The van der Waals surface area contributed by atoms with Crippen LogP contribution in [0.1, 0.15) is 19.8 Å². The van der Waals surface area contributed by atoms with Gasteiger partial charge in [0.15, 0.2) is 0 Å². The molecular formula is C15H19N. The number of aliphatic imine (C=N–C) groups is 1. The van der Waals surface area contributed by atoms with Gasteiger partial charge in [0, 0.05) is 12.1 Å². The van der Waals surface area contributed by atoms with Crippen molar-refractivity contribution in [3.8, 4) is 0 Å². The second-order valence-electron chi connectivity index (χ2n) is 3.80. The van der Waals surface area contributed by atoms with E-state index in [-0.39, 0.29) is 5.92 Å². The van der Waals surface area contributed by atoms with Crippen molar-refractivity contribution in [3.05, 3.63) is 60.9 Å². The molecule has 1 nitrogen and oxygen atoms in total. The van der Waals surface area contributed by atoms with Crippen molar-refractivity contribution in [2.45, 2.75) is 19.8 Å². The van der Waals surface area contributed by atoms with Crippen LogP contribution < -0.4 is 0 Å². The molecule has 0 bridgehead atoms. The zero-order valence-corrected chi connectivity index (χ0v) is 9.89. The molecule has 1 heteroatoms. The topological polar surface area (TPSA) is 12.4 Å². The van der Waals surface area contributed by atoms with Gasteiger partial charge in [-0.15, -0.1) is 0 Å². The molecular weight excluding hydrogens is 194 g/mol. The highest BCUT2D eigenvalue weighted by Gasteiger charge is 1.99. The van der Waals surface area contributed by atoms with E-state index in [9.17, 15) is 0 Å². The van der Waals surface area contributed by atoms with Crippen molar-refractivity contribution in [1.29, 1.82) is 0 Å². The molecule has 0 aliphatic carbocycles. The fourth-order valence-electron chi connectivity index (χ4n) is 1.49. The molecule has 0 amide bonds. The minimum absolute atomic E-state index is 0.282. The van der Waals surface area contributed by atoms with Gasteiger partial charge in [-0.05, 0) is 24.6 Å². The van der Waals surface area contributed by atoms with Crippen LogP contribution in [0.25, 0.3) is 0 Å². The Kier molecular flexibility index (Phi) is 5.27. The van der Waals surface area contributed by atoms with Crippen LogP contribution in [0, 0.1) is 5.92 Å². The molecule has 0 aromatic carbocycles. The fourth-order valence-corrected chi connectivity index (χ4v) is 1.49. The zero-order valence-electron chi connectivity index (χ0n) is 9.89. The number of hydrogen-bond donors (Lipinski definition) is 0. The lowest BCUT2D eigenvalue weighted by Crippen LogP contribution is -1.87. The molecule has 1 heterocycles. The summed E-state index contributed by atoms with van der Waals surface area (Å²) in [6.07, 6.45) is 16.2. The number of allylic oxidation sites excluding steroid dienone is 7. The summed E-state index contributed by atoms with van der Waals surface area (Å²) in [6.45, 7) is 9.90. The van der Waals surface area contributed by atoms with E-state index in [2.05, 4.69) is 49.4 Å². The van der Waals surface area contributed by atoms with Crippen LogP contribution in [0.2, 0.25) is 0 Å². The molecule has 0 radical (unpaired) electrons. The molecule has 1 aliphatic heterocycles. The molecule has 1 rings (SSSR count). The average Bonchev–Trinajstić information content (AvgIpc) is 2.51. The number of nitrogens with zero attached hydrogens (tertiary/aromatic N) is 1. The predicted molar refractivity (Wildman–Crippen MR) is 72.6 cm³/mol. The van der Waals surface area contributed by atoms with Crippen molar-refractivity contribution in [1.82, 2.24) is 0 Å². The quantitative estimate of drug-likeness (QED) is 0.606. The lowest BCUT2D eigenvalue weighted by Gasteiger charge is -2.01. The number of hydrogen-bond acceptors (Lipinski definition) is 1. The van der Waals surface area contributed by atoms with Crippen molar-refractivity contribution in [2.24, 2.45) is 10.9 Å². The molecule has 84 valence electrons. The highest BCUT2D eigenvalue weighted by Crippen LogP contribution is 2.14. The maximum atomic E-state index is 4.23. The lowest BCUT2D eigenvalue weighted by molar-refractivity contribution is 0.925. The first-order chi connectivity index (χ1) is 7.76. The molecule has 1 unspecified atom stereocenters. The van der Waals surface area contributed by atoms with Gasteiger partial charge < -0.3 is 0 Å². The van der Waals surface area contributed by atoms with E-state index in [4.69, 9.17) is 0 Å². The molecule has 0 N–H and O–H groups in total. The molecule has 16 heavy (non-hydrogen) atoms. The highest BCUT2D eigenvalue weighted by atomic mass is 14.7. The second-order valence-corrected chi connectivity index (χ2v) is 3.80. The van der Waals surface area contributed by atoms with Crippen molar-refractivity contribution >= 4 is 6.21 Å². The summed E-state index contributed by atoms with van der Waals surface area (Å²) in [4.78, 5) is 4.23. The molecule has 0 aromatic rings. The first-order valence-corrected chi connectivity index (χ1v) is 5.67. The molecule has 0 spiro atoms. The van der Waals surface area contributed by atoms with Gasteiger partial charge in [-0.2, -0.15) is 0 Å². The fraction of sp³-hybridized carbons (Fsp3) is 0.267. The SMILES string of the molecule is C=CC1=CC(/C=C/C(=C)CCC)C=CC=N1. The third kappa shape index (κ3) is 4.26. The van der Waals surface area contributed by atoms with Gasteiger partial charge in [0.25, 0.3) is 0 Å². The minimum atomic E-state index is 0.282. The molecule has 1 aliphatic rings. The maximum Gasteiger partial charge on any atom is 0.0592 e. The smallest absolute Gasteiger partial charge is 0.0592 e. The van der Waals surface area contributed by atoms with Crippen LogP contribution in [0.5, 0.6) is 0 Å². The molecule has 0 aromatic heterocycles. The van der Waals surface area contributed by atoms with Crippen molar-refractivity contribution in [3.63, 3.8) is 0 Å². The van der Waals surface area contributed by atoms with E-state index in [0.29, 0.717) is 0 Å². The summed E-state index contributed by atoms with van der Waals surface area (Å²) in [5.74, 6) is 0.282. The first kappa shape index (κ1) is 12.4. The Bertz CT molecular complexity index is 367. The molecule has 0 saturated heterocycles. The Morgan fingerprint density at radius 3 is 3.06 bits per heavy atom. The predicted octanol–water partition coefficient (Wildman–Crippen LogP) is 4.23. The summed E-state index contributed by atoms with van der Waals surface area (Å²) >= 11 is 0. The molecule has 0 fully saturated rings. The second kappa shape index (κ2) is 6.78. The number of rotatable bonds is 5. The van der Waals surface area contributed by atoms with Crippen LogP contribution in [0.15, 0.2) is 65.9 Å². The van der Waals surface area contributed by atoms with Gasteiger partial charge in [-0.3, -0.25) is 4.99 Å². The summed E-state index contributed by atoms with van der Waals surface area (Å²) in [5, 5.41) is 0. The Morgan fingerprint density at radius 2 is 2.38 bits per heavy atom. The van der Waals surface area contributed by atoms with E-state index < -0.39 is 0 Å². The van der Waals surface area contributed by atoms with Crippen LogP contribution in [-0.4, -0.2) is 6.21 Å². The molecule has 0 saturated carbocycles. The largest absolute Gasteiger partial charge is 0.257 e. The standard InChI is InChI=1S/C15H19N/c1-4-7-13(3)9-10-14-8-6-11-16-15(5-2)12-14/h5-6,8-12,14H,2-4,7H2,1H3/b10-9+. The monoisotopic (exact) mass is 213 g/mol. The Morgan fingerprint density at radius 1 is 1.56 bits per heavy atom. The first-order valence-electron chi connectivity index (χ1n) is 5.67.